The normalized spacial score (nSPS) is 17.3. The van der Waals surface area contributed by atoms with Crippen LogP contribution < -0.4 is 0 Å². The molecule has 8 heteroatoms. The van der Waals surface area contributed by atoms with E-state index >= 15 is 0 Å². The van der Waals surface area contributed by atoms with Crippen LogP contribution in [0.3, 0.4) is 0 Å². The number of hydrogen-bond donors (Lipinski definition) is 2. The second kappa shape index (κ2) is 8.64. The van der Waals surface area contributed by atoms with E-state index in [1.165, 1.54) is 7.11 Å². The average molecular weight is 307 g/mol. The second-order valence-corrected chi connectivity index (χ2v) is 5.21. The van der Waals surface area contributed by atoms with Crippen molar-refractivity contribution in [2.75, 3.05) is 32.3 Å². The van der Waals surface area contributed by atoms with Crippen LogP contribution >= 0.6 is 23.8 Å². The minimum absolute atomic E-state index is 0.228. The van der Waals surface area contributed by atoms with Gasteiger partial charge in [0.05, 0.1) is 19.8 Å². The number of hydrogen-bond acceptors (Lipinski definition) is 6. The zero-order valence-electron chi connectivity index (χ0n) is 8.47. The number of rotatable bonds is 9. The molecule has 0 aromatic heterocycles. The van der Waals surface area contributed by atoms with Crippen molar-refractivity contribution in [2.45, 2.75) is 12.5 Å². The van der Waals surface area contributed by atoms with Crippen LogP contribution in [0.15, 0.2) is 0 Å². The Hall–Kier alpha value is 0.510. The van der Waals surface area contributed by atoms with Crippen molar-refractivity contribution in [2.24, 2.45) is 0 Å². The third-order valence-electron chi connectivity index (χ3n) is 1.39. The van der Waals surface area contributed by atoms with E-state index in [4.69, 9.17) is 19.3 Å². The van der Waals surface area contributed by atoms with Gasteiger partial charge in [0.25, 0.3) is 0 Å². The van der Waals surface area contributed by atoms with Crippen LogP contribution in [0.1, 0.15) is 6.42 Å². The van der Waals surface area contributed by atoms with E-state index in [-0.39, 0.29) is 13.2 Å². The molecular weight excluding hydrogens is 291 g/mol. The van der Waals surface area contributed by atoms with Gasteiger partial charge in [-0.2, -0.15) is 0 Å². The fraction of sp³-hybridized carbons (Fsp3) is 1.00. The fourth-order valence-corrected chi connectivity index (χ4v) is 1.83. The number of aliphatic hydroxyl groups excluding tert-OH is 2. The van der Waals surface area contributed by atoms with Gasteiger partial charge in [-0.25, -0.2) is 4.57 Å². The Bertz CT molecular complexity index is 202. The first-order valence-electron chi connectivity index (χ1n) is 4.37. The maximum absolute atomic E-state index is 11.6. The van der Waals surface area contributed by atoms with Gasteiger partial charge in [0.2, 0.25) is 0 Å². The lowest BCUT2D eigenvalue weighted by Gasteiger charge is -2.16. The predicted octanol–water partition coefficient (Wildman–Crippen LogP) is 0.912. The van der Waals surface area contributed by atoms with Crippen molar-refractivity contribution >= 4 is 23.8 Å². The van der Waals surface area contributed by atoms with Crippen molar-refractivity contribution < 1.29 is 28.3 Å². The molecule has 0 saturated carbocycles. The van der Waals surface area contributed by atoms with Gasteiger partial charge in [0.1, 0.15) is 6.10 Å². The van der Waals surface area contributed by atoms with E-state index in [2.05, 4.69) is 20.5 Å². The molecule has 0 aliphatic heterocycles. The zero-order valence-corrected chi connectivity index (χ0v) is 10.9. The molecule has 0 aromatic rings. The SMILES string of the molecule is COP(=O)(OCCCBr)OC[C@H](O)CO. The number of halogens is 1. The van der Waals surface area contributed by atoms with Crippen LogP contribution in [-0.4, -0.2) is 48.6 Å². The first-order valence-corrected chi connectivity index (χ1v) is 6.96. The Morgan fingerprint density at radius 2 is 2.13 bits per heavy atom. The molecule has 2 atom stereocenters. The zero-order chi connectivity index (χ0) is 11.7. The first-order chi connectivity index (χ1) is 7.08. The van der Waals surface area contributed by atoms with Crippen LogP contribution in [0.4, 0.5) is 0 Å². The van der Waals surface area contributed by atoms with Crippen LogP contribution in [-0.2, 0) is 18.1 Å². The molecular formula is C7H16BrO6P. The molecule has 0 bridgehead atoms. The van der Waals surface area contributed by atoms with Gasteiger partial charge in [0, 0.05) is 12.4 Å². The molecule has 6 nitrogen and oxygen atoms in total. The molecule has 2 N–H and O–H groups in total. The van der Waals surface area contributed by atoms with E-state index in [1.807, 2.05) is 0 Å². The van der Waals surface area contributed by atoms with E-state index in [0.717, 1.165) is 5.33 Å². The monoisotopic (exact) mass is 306 g/mol. The van der Waals surface area contributed by atoms with Crippen molar-refractivity contribution in [1.29, 1.82) is 0 Å². The van der Waals surface area contributed by atoms with Crippen molar-refractivity contribution in [3.8, 4) is 0 Å². The lowest BCUT2D eigenvalue weighted by Crippen LogP contribution is -2.19. The number of aliphatic hydroxyl groups is 2. The van der Waals surface area contributed by atoms with Crippen LogP contribution in [0.2, 0.25) is 0 Å². The minimum Gasteiger partial charge on any atom is -0.394 e. The van der Waals surface area contributed by atoms with Crippen molar-refractivity contribution in [3.05, 3.63) is 0 Å². The molecule has 0 radical (unpaired) electrons. The molecule has 0 aliphatic rings. The number of phosphoric acid groups is 1. The van der Waals surface area contributed by atoms with E-state index < -0.39 is 20.5 Å². The molecule has 15 heavy (non-hydrogen) atoms. The van der Waals surface area contributed by atoms with Gasteiger partial charge in [-0.15, -0.1) is 0 Å². The summed E-state index contributed by atoms with van der Waals surface area (Å²) in [5.74, 6) is 0. The Morgan fingerprint density at radius 1 is 1.47 bits per heavy atom. The smallest absolute Gasteiger partial charge is 0.394 e. The van der Waals surface area contributed by atoms with E-state index in [0.29, 0.717) is 6.42 Å². The predicted molar refractivity (Wildman–Crippen MR) is 58.0 cm³/mol. The molecule has 0 aromatic carbocycles. The highest BCUT2D eigenvalue weighted by Crippen LogP contribution is 2.48. The minimum atomic E-state index is -3.59. The van der Waals surface area contributed by atoms with Gasteiger partial charge < -0.3 is 10.2 Å². The van der Waals surface area contributed by atoms with Gasteiger partial charge in [-0.1, -0.05) is 15.9 Å². The summed E-state index contributed by atoms with van der Waals surface area (Å²) >= 11 is 3.19. The van der Waals surface area contributed by atoms with Gasteiger partial charge in [-0.05, 0) is 6.42 Å². The Morgan fingerprint density at radius 3 is 2.60 bits per heavy atom. The molecule has 92 valence electrons. The van der Waals surface area contributed by atoms with Crippen molar-refractivity contribution in [1.82, 2.24) is 0 Å². The lowest BCUT2D eigenvalue weighted by atomic mass is 10.4. The maximum atomic E-state index is 11.6. The summed E-state index contributed by atoms with van der Waals surface area (Å²) in [6.07, 6.45) is -0.424. The summed E-state index contributed by atoms with van der Waals surface area (Å²) in [7, 11) is -2.39. The molecule has 0 heterocycles. The second-order valence-electron chi connectivity index (χ2n) is 2.64. The summed E-state index contributed by atoms with van der Waals surface area (Å²) < 4.78 is 25.9. The van der Waals surface area contributed by atoms with Crippen LogP contribution in [0.5, 0.6) is 0 Å². The number of alkyl halides is 1. The van der Waals surface area contributed by atoms with Crippen LogP contribution in [0, 0.1) is 0 Å². The highest BCUT2D eigenvalue weighted by atomic mass is 79.9. The largest absolute Gasteiger partial charge is 0.474 e. The fourth-order valence-electron chi connectivity index (χ4n) is 0.604. The third kappa shape index (κ3) is 7.41. The van der Waals surface area contributed by atoms with Gasteiger partial charge in [0.15, 0.2) is 0 Å². The summed E-state index contributed by atoms with van der Waals surface area (Å²) in [4.78, 5) is 0. The molecule has 0 aliphatic carbocycles. The van der Waals surface area contributed by atoms with Gasteiger partial charge >= 0.3 is 7.82 Å². The van der Waals surface area contributed by atoms with E-state index in [9.17, 15) is 4.57 Å². The Labute approximate surface area is 97.3 Å². The summed E-state index contributed by atoms with van der Waals surface area (Å²) in [5.41, 5.74) is 0. The molecule has 0 fully saturated rings. The summed E-state index contributed by atoms with van der Waals surface area (Å²) in [6.45, 7) is -0.535. The van der Waals surface area contributed by atoms with Crippen molar-refractivity contribution in [3.63, 3.8) is 0 Å². The Kier molecular flexibility index (Phi) is 8.93. The molecule has 0 amide bonds. The average Bonchev–Trinajstić information content (AvgIpc) is 2.26. The third-order valence-corrected chi connectivity index (χ3v) is 3.36. The molecule has 0 rings (SSSR count). The number of phosphoric ester groups is 1. The standard InChI is InChI=1S/C7H16BrO6P/c1-12-15(11,13-4-2-3-8)14-6-7(10)5-9/h7,9-10H,2-6H2,1H3/t7-,15?/m1/s1. The quantitative estimate of drug-likeness (QED) is 0.374. The van der Waals surface area contributed by atoms with Crippen LogP contribution in [0.25, 0.3) is 0 Å². The highest BCUT2D eigenvalue weighted by molar-refractivity contribution is 9.09. The van der Waals surface area contributed by atoms with E-state index in [1.54, 1.807) is 0 Å². The molecule has 0 spiro atoms. The molecule has 1 unspecified atom stereocenters. The summed E-state index contributed by atoms with van der Waals surface area (Å²) in [5, 5.41) is 18.2. The highest BCUT2D eigenvalue weighted by Gasteiger charge is 2.25. The topological polar surface area (TPSA) is 85.2 Å². The lowest BCUT2D eigenvalue weighted by molar-refractivity contribution is 0.0330. The Balaban J connectivity index is 3.90. The summed E-state index contributed by atoms with van der Waals surface area (Å²) in [6, 6.07) is 0. The first kappa shape index (κ1) is 15.5. The molecule has 0 saturated heterocycles. The maximum Gasteiger partial charge on any atom is 0.474 e. The van der Waals surface area contributed by atoms with Gasteiger partial charge in [-0.3, -0.25) is 13.6 Å².